The number of anilines is 2. The highest BCUT2D eigenvalue weighted by Gasteiger charge is 2.04. The highest BCUT2D eigenvalue weighted by Crippen LogP contribution is 2.20. The van der Waals surface area contributed by atoms with Crippen molar-refractivity contribution in [3.05, 3.63) is 26.8 Å². The topological polar surface area (TPSA) is 76.7 Å². The second kappa shape index (κ2) is 4.75. The lowest BCUT2D eigenvalue weighted by molar-refractivity contribution is 1.06. The molecule has 0 aliphatic heterocycles. The molecule has 0 radical (unpaired) electrons. The van der Waals surface area contributed by atoms with Crippen LogP contribution in [0.15, 0.2) is 16.9 Å². The van der Waals surface area contributed by atoms with E-state index in [1.54, 1.807) is 17.5 Å². The predicted octanol–water partition coefficient (Wildman–Crippen LogP) is 2.20. The van der Waals surface area contributed by atoms with Gasteiger partial charge in [0.15, 0.2) is 0 Å². The zero-order valence-electron chi connectivity index (χ0n) is 8.57. The minimum Gasteiger partial charge on any atom is -0.368 e. The van der Waals surface area contributed by atoms with E-state index in [9.17, 15) is 0 Å². The minimum absolute atomic E-state index is 0.251. The molecule has 0 unspecified atom stereocenters. The van der Waals surface area contributed by atoms with Gasteiger partial charge in [-0.3, -0.25) is 0 Å². The molecule has 2 heterocycles. The summed E-state index contributed by atoms with van der Waals surface area (Å²) >= 11 is 5.00. The lowest BCUT2D eigenvalue weighted by Crippen LogP contribution is -2.04. The summed E-state index contributed by atoms with van der Waals surface area (Å²) in [5.41, 5.74) is 5.50. The predicted molar refractivity (Wildman–Crippen MR) is 68.3 cm³/mol. The first-order chi connectivity index (χ1) is 7.65. The third-order valence-electron chi connectivity index (χ3n) is 1.84. The summed E-state index contributed by atoms with van der Waals surface area (Å²) in [4.78, 5) is 13.4. The Balaban J connectivity index is 2.07. The zero-order valence-corrected chi connectivity index (χ0v) is 11.0. The average molecular weight is 300 g/mol. The molecule has 0 saturated heterocycles. The van der Waals surface area contributed by atoms with E-state index in [0.29, 0.717) is 12.4 Å². The number of rotatable bonds is 3. The van der Waals surface area contributed by atoms with Gasteiger partial charge >= 0.3 is 0 Å². The van der Waals surface area contributed by atoms with E-state index in [2.05, 4.69) is 36.2 Å². The number of aromatic nitrogens is 3. The standard InChI is InChI=1S/C9H10BrN5S/c1-5-2-12-7(16-5)4-13-8-6(10)3-14-9(11)15-8/h2-3H,4H2,1H3,(H3,11,13,14,15). The Morgan fingerprint density at radius 2 is 2.25 bits per heavy atom. The molecular formula is C9H10BrN5S. The van der Waals surface area contributed by atoms with E-state index in [-0.39, 0.29) is 5.95 Å². The summed E-state index contributed by atoms with van der Waals surface area (Å²) in [6.45, 7) is 2.66. The van der Waals surface area contributed by atoms with E-state index in [1.165, 1.54) is 4.88 Å². The SMILES string of the molecule is Cc1cnc(CNc2nc(N)ncc2Br)s1. The van der Waals surface area contributed by atoms with Gasteiger partial charge < -0.3 is 11.1 Å². The van der Waals surface area contributed by atoms with Crippen molar-refractivity contribution in [2.75, 3.05) is 11.1 Å². The Morgan fingerprint density at radius 1 is 1.44 bits per heavy atom. The molecule has 0 saturated carbocycles. The van der Waals surface area contributed by atoms with Crippen LogP contribution in [0.5, 0.6) is 0 Å². The quantitative estimate of drug-likeness (QED) is 0.908. The largest absolute Gasteiger partial charge is 0.368 e. The minimum atomic E-state index is 0.251. The molecule has 7 heteroatoms. The van der Waals surface area contributed by atoms with Crippen LogP contribution in [0, 0.1) is 6.92 Å². The third-order valence-corrected chi connectivity index (χ3v) is 3.33. The van der Waals surface area contributed by atoms with Crippen LogP contribution in [0.1, 0.15) is 9.88 Å². The van der Waals surface area contributed by atoms with Gasteiger partial charge in [-0.25, -0.2) is 9.97 Å². The molecule has 0 amide bonds. The van der Waals surface area contributed by atoms with Crippen molar-refractivity contribution in [2.45, 2.75) is 13.5 Å². The number of nitrogens with zero attached hydrogens (tertiary/aromatic N) is 3. The Bertz CT molecular complexity index is 498. The Kier molecular flexibility index (Phi) is 3.35. The molecule has 16 heavy (non-hydrogen) atoms. The van der Waals surface area contributed by atoms with Crippen LogP contribution in [0.25, 0.3) is 0 Å². The number of hydrogen-bond acceptors (Lipinski definition) is 6. The van der Waals surface area contributed by atoms with E-state index in [0.717, 1.165) is 9.48 Å². The van der Waals surface area contributed by atoms with Gasteiger partial charge in [0.2, 0.25) is 5.95 Å². The van der Waals surface area contributed by atoms with Gasteiger partial charge in [-0.1, -0.05) is 0 Å². The van der Waals surface area contributed by atoms with Gasteiger partial charge in [-0.05, 0) is 22.9 Å². The van der Waals surface area contributed by atoms with Crippen LogP contribution < -0.4 is 11.1 Å². The maximum Gasteiger partial charge on any atom is 0.221 e. The molecular weight excluding hydrogens is 290 g/mol. The number of nitrogen functional groups attached to an aromatic ring is 1. The van der Waals surface area contributed by atoms with Crippen LogP contribution in [0.2, 0.25) is 0 Å². The van der Waals surface area contributed by atoms with Gasteiger partial charge in [-0.15, -0.1) is 11.3 Å². The lowest BCUT2D eigenvalue weighted by atomic mass is 10.5. The van der Waals surface area contributed by atoms with Gasteiger partial charge in [0, 0.05) is 17.3 Å². The molecule has 2 aromatic rings. The summed E-state index contributed by atoms with van der Waals surface area (Å²) in [7, 11) is 0. The number of halogens is 1. The van der Waals surface area contributed by atoms with Crippen molar-refractivity contribution in [2.24, 2.45) is 0 Å². The number of aryl methyl sites for hydroxylation is 1. The third kappa shape index (κ3) is 2.67. The number of hydrogen-bond donors (Lipinski definition) is 2. The number of nitrogens with two attached hydrogens (primary N) is 1. The van der Waals surface area contributed by atoms with Crippen LogP contribution >= 0.6 is 27.3 Å². The van der Waals surface area contributed by atoms with Crippen molar-refractivity contribution in [3.8, 4) is 0 Å². The van der Waals surface area contributed by atoms with Gasteiger partial charge in [0.25, 0.3) is 0 Å². The summed E-state index contributed by atoms with van der Waals surface area (Å²) in [5.74, 6) is 0.932. The average Bonchev–Trinajstić information content (AvgIpc) is 2.66. The van der Waals surface area contributed by atoms with Gasteiger partial charge in [-0.2, -0.15) is 4.98 Å². The van der Waals surface area contributed by atoms with Crippen LogP contribution in [0.3, 0.4) is 0 Å². The van der Waals surface area contributed by atoms with Crippen molar-refractivity contribution >= 4 is 39.0 Å². The van der Waals surface area contributed by atoms with Crippen molar-refractivity contribution in [3.63, 3.8) is 0 Å². The van der Waals surface area contributed by atoms with Crippen molar-refractivity contribution < 1.29 is 0 Å². The first-order valence-corrected chi connectivity index (χ1v) is 6.19. The zero-order chi connectivity index (χ0) is 11.5. The molecule has 0 atom stereocenters. The van der Waals surface area contributed by atoms with E-state index in [4.69, 9.17) is 5.73 Å². The molecule has 0 fully saturated rings. The molecule has 2 rings (SSSR count). The number of nitrogens with one attached hydrogen (secondary N) is 1. The lowest BCUT2D eigenvalue weighted by Gasteiger charge is -2.05. The summed E-state index contributed by atoms with van der Waals surface area (Å²) in [6, 6.07) is 0. The van der Waals surface area contributed by atoms with Gasteiger partial charge in [0.05, 0.1) is 11.0 Å². The fraction of sp³-hybridized carbons (Fsp3) is 0.222. The second-order valence-electron chi connectivity index (χ2n) is 3.14. The van der Waals surface area contributed by atoms with Crippen LogP contribution in [-0.4, -0.2) is 15.0 Å². The highest BCUT2D eigenvalue weighted by molar-refractivity contribution is 9.10. The van der Waals surface area contributed by atoms with Crippen LogP contribution in [-0.2, 0) is 6.54 Å². The first-order valence-electron chi connectivity index (χ1n) is 4.58. The van der Waals surface area contributed by atoms with Crippen LogP contribution in [0.4, 0.5) is 11.8 Å². The Morgan fingerprint density at radius 3 is 2.94 bits per heavy atom. The molecule has 5 nitrogen and oxygen atoms in total. The smallest absolute Gasteiger partial charge is 0.221 e. The fourth-order valence-corrected chi connectivity index (χ4v) is 2.21. The van der Waals surface area contributed by atoms with Crippen molar-refractivity contribution in [1.29, 1.82) is 0 Å². The highest BCUT2D eigenvalue weighted by atomic mass is 79.9. The molecule has 0 aliphatic rings. The molecule has 3 N–H and O–H groups in total. The second-order valence-corrected chi connectivity index (χ2v) is 5.32. The van der Waals surface area contributed by atoms with Crippen molar-refractivity contribution in [1.82, 2.24) is 15.0 Å². The summed E-state index contributed by atoms with van der Waals surface area (Å²) < 4.78 is 0.787. The first kappa shape index (κ1) is 11.3. The monoisotopic (exact) mass is 299 g/mol. The summed E-state index contributed by atoms with van der Waals surface area (Å²) in [5, 5.41) is 4.17. The Labute approximate surface area is 105 Å². The number of thiazole rings is 1. The van der Waals surface area contributed by atoms with E-state index >= 15 is 0 Å². The van der Waals surface area contributed by atoms with Gasteiger partial charge in [0.1, 0.15) is 10.8 Å². The molecule has 84 valence electrons. The maximum absolute atomic E-state index is 5.50. The van der Waals surface area contributed by atoms with E-state index < -0.39 is 0 Å². The normalized spacial score (nSPS) is 10.4. The molecule has 0 bridgehead atoms. The maximum atomic E-state index is 5.50. The Hall–Kier alpha value is -1.21. The molecule has 0 aliphatic carbocycles. The molecule has 2 aromatic heterocycles. The van der Waals surface area contributed by atoms with E-state index in [1.807, 2.05) is 13.1 Å². The molecule has 0 spiro atoms. The molecule has 0 aromatic carbocycles. The fourth-order valence-electron chi connectivity index (χ4n) is 1.15. The summed E-state index contributed by atoms with van der Waals surface area (Å²) in [6.07, 6.45) is 3.48.